The molecule has 11 N–H and O–H groups in total. The van der Waals surface area contributed by atoms with Gasteiger partial charge in [0.2, 0.25) is 35.4 Å². The number of rotatable bonds is 21. The number of nitrogens with zero attached hydrogens (tertiary/aromatic N) is 1. The largest absolute Gasteiger partial charge is 0.480 e. The van der Waals surface area contributed by atoms with Crippen molar-refractivity contribution in [3.05, 3.63) is 54.1 Å². The Kier molecular flexibility index (Phi) is 16.7. The van der Waals surface area contributed by atoms with Crippen LogP contribution in [-0.2, 0) is 46.4 Å². The lowest BCUT2D eigenvalue weighted by Crippen LogP contribution is -2.59. The number of benzene rings is 1. The van der Waals surface area contributed by atoms with E-state index in [1.165, 1.54) is 19.4 Å². The Hall–Kier alpha value is -5.32. The molecular formula is C34H51N9O8. The first kappa shape index (κ1) is 41.8. The molecule has 17 nitrogen and oxygen atoms in total. The van der Waals surface area contributed by atoms with Crippen LogP contribution >= 0.6 is 0 Å². The number of carboxylic acid groups (broad SMARTS) is 1. The summed E-state index contributed by atoms with van der Waals surface area (Å²) in [4.78, 5) is 96.4. The van der Waals surface area contributed by atoms with Crippen molar-refractivity contribution >= 4 is 41.4 Å². The summed E-state index contributed by atoms with van der Waals surface area (Å²) in [7, 11) is 0. The average molecular weight is 714 g/mol. The van der Waals surface area contributed by atoms with E-state index in [1.807, 2.05) is 58.0 Å². The van der Waals surface area contributed by atoms with Crippen molar-refractivity contribution < 1.29 is 38.7 Å². The minimum absolute atomic E-state index is 0.0251. The van der Waals surface area contributed by atoms with Crippen molar-refractivity contribution in [2.45, 2.75) is 103 Å². The number of carbonyl (C=O) groups is 7. The Bertz CT molecular complexity index is 1480. The van der Waals surface area contributed by atoms with E-state index >= 15 is 0 Å². The number of nitrogens with two attached hydrogens (primary N) is 2. The van der Waals surface area contributed by atoms with Crippen molar-refractivity contribution in [3.8, 4) is 0 Å². The zero-order chi connectivity index (χ0) is 38.2. The van der Waals surface area contributed by atoms with Crippen LogP contribution in [0.4, 0.5) is 0 Å². The molecule has 0 aliphatic carbocycles. The zero-order valence-corrected chi connectivity index (χ0v) is 29.6. The van der Waals surface area contributed by atoms with Crippen LogP contribution in [0.15, 0.2) is 42.9 Å². The normalized spacial score (nSPS) is 14.7. The second kappa shape index (κ2) is 20.4. The summed E-state index contributed by atoms with van der Waals surface area (Å²) in [6.45, 7) is 8.65. The first-order valence-corrected chi connectivity index (χ1v) is 16.8. The second-order valence-corrected chi connectivity index (χ2v) is 13.3. The quantitative estimate of drug-likeness (QED) is 0.0762. The van der Waals surface area contributed by atoms with Crippen LogP contribution in [0.1, 0.15) is 65.1 Å². The monoisotopic (exact) mass is 713 g/mol. The van der Waals surface area contributed by atoms with E-state index in [1.54, 1.807) is 0 Å². The van der Waals surface area contributed by atoms with Crippen LogP contribution in [0, 0.1) is 11.8 Å². The molecule has 2 aromatic rings. The minimum Gasteiger partial charge on any atom is -0.480 e. The van der Waals surface area contributed by atoms with Gasteiger partial charge in [-0.3, -0.25) is 28.8 Å². The van der Waals surface area contributed by atoms with Crippen LogP contribution in [-0.4, -0.2) is 92.7 Å². The maximum absolute atomic E-state index is 13.6. The van der Waals surface area contributed by atoms with Crippen molar-refractivity contribution in [2.24, 2.45) is 23.3 Å². The molecule has 0 saturated heterocycles. The van der Waals surface area contributed by atoms with E-state index in [9.17, 15) is 38.7 Å². The number of aromatic amines is 1. The Morgan fingerprint density at radius 1 is 0.706 bits per heavy atom. The molecule has 0 fully saturated rings. The fourth-order valence-electron chi connectivity index (χ4n) is 5.09. The summed E-state index contributed by atoms with van der Waals surface area (Å²) in [5.74, 6) is -6.18. The smallest absolute Gasteiger partial charge is 0.326 e. The van der Waals surface area contributed by atoms with Crippen molar-refractivity contribution in [3.63, 3.8) is 0 Å². The minimum atomic E-state index is -1.54. The summed E-state index contributed by atoms with van der Waals surface area (Å²) < 4.78 is 0. The molecule has 51 heavy (non-hydrogen) atoms. The van der Waals surface area contributed by atoms with Crippen LogP contribution in [0.5, 0.6) is 0 Å². The van der Waals surface area contributed by atoms with Gasteiger partial charge in [0.15, 0.2) is 0 Å². The molecular weight excluding hydrogens is 662 g/mol. The van der Waals surface area contributed by atoms with Gasteiger partial charge in [-0.2, -0.15) is 0 Å². The fraction of sp³-hybridized carbons (Fsp3) is 0.529. The highest BCUT2D eigenvalue weighted by molar-refractivity contribution is 5.97. The number of amides is 6. The van der Waals surface area contributed by atoms with Gasteiger partial charge in [0, 0.05) is 18.3 Å². The molecule has 2 rings (SSSR count). The standard InChI is InChI=1S/C34H51N9O8/c1-18(2)11-24(40-30(46)23(35)13-21-9-7-6-8-10-21)32(48)41-25(12-19(3)4)33(49)42-26(15-28(36)44)31(47)39-20(5)29(45)43-27(34(50)51)14-22-16-37-17-38-22/h6-10,16-20,23-27H,11-15,35H2,1-5H3,(H2,36,44)(H,37,38)(H,39,47)(H,40,46)(H,41,48)(H,42,49)(H,43,45)(H,50,51)/t20-,23-,24-,25-,26-,27-/m0/s1. The van der Waals surface area contributed by atoms with Gasteiger partial charge in [0.05, 0.1) is 18.8 Å². The zero-order valence-electron chi connectivity index (χ0n) is 29.6. The SMILES string of the molecule is CC(C)C[C@H](NC(=O)[C@H](CC(C)C)NC(=O)[C@@H](N)Cc1ccccc1)C(=O)N[C@@H](CC(N)=O)C(=O)N[C@@H](C)C(=O)N[C@@H](Cc1cnc[nH]1)C(=O)O. The van der Waals surface area contributed by atoms with E-state index in [0.717, 1.165) is 5.56 Å². The number of primary amides is 1. The Balaban J connectivity index is 2.14. The highest BCUT2D eigenvalue weighted by Crippen LogP contribution is 2.11. The van der Waals surface area contributed by atoms with Crippen molar-refractivity contribution in [1.82, 2.24) is 36.6 Å². The summed E-state index contributed by atoms with van der Waals surface area (Å²) in [5.41, 5.74) is 12.8. The predicted octanol–water partition coefficient (Wildman–Crippen LogP) is -0.982. The van der Waals surface area contributed by atoms with E-state index in [4.69, 9.17) is 11.5 Å². The molecule has 1 aromatic heterocycles. The number of aromatic nitrogens is 2. The van der Waals surface area contributed by atoms with Crippen LogP contribution in [0.3, 0.4) is 0 Å². The lowest BCUT2D eigenvalue weighted by Gasteiger charge is -2.27. The van der Waals surface area contributed by atoms with E-state index in [-0.39, 0.29) is 37.5 Å². The van der Waals surface area contributed by atoms with Gasteiger partial charge >= 0.3 is 5.97 Å². The van der Waals surface area contributed by atoms with Crippen molar-refractivity contribution in [1.29, 1.82) is 0 Å². The number of imidazole rings is 1. The molecule has 0 spiro atoms. The third-order valence-corrected chi connectivity index (χ3v) is 7.70. The van der Waals surface area contributed by atoms with Gasteiger partial charge in [-0.25, -0.2) is 9.78 Å². The molecule has 1 heterocycles. The number of hydrogen-bond acceptors (Lipinski definition) is 9. The van der Waals surface area contributed by atoms with Crippen LogP contribution < -0.4 is 38.1 Å². The third kappa shape index (κ3) is 15.0. The molecule has 6 amide bonds. The first-order valence-electron chi connectivity index (χ1n) is 16.8. The van der Waals surface area contributed by atoms with E-state index in [2.05, 4.69) is 36.6 Å². The second-order valence-electron chi connectivity index (χ2n) is 13.3. The molecule has 0 radical (unpaired) electrons. The molecule has 0 aliphatic rings. The highest BCUT2D eigenvalue weighted by Gasteiger charge is 2.33. The maximum Gasteiger partial charge on any atom is 0.326 e. The lowest BCUT2D eigenvalue weighted by molar-refractivity contribution is -0.142. The van der Waals surface area contributed by atoms with Gasteiger partial charge in [-0.1, -0.05) is 58.0 Å². The Labute approximate surface area is 296 Å². The molecule has 0 bridgehead atoms. The molecule has 0 saturated carbocycles. The number of H-pyrrole nitrogens is 1. The summed E-state index contributed by atoms with van der Waals surface area (Å²) in [6.07, 6.45) is 2.63. The molecule has 280 valence electrons. The third-order valence-electron chi connectivity index (χ3n) is 7.70. The van der Waals surface area contributed by atoms with Gasteiger partial charge in [-0.15, -0.1) is 0 Å². The molecule has 6 atom stereocenters. The fourth-order valence-corrected chi connectivity index (χ4v) is 5.09. The number of carboxylic acids is 1. The number of nitrogens with one attached hydrogen (secondary N) is 6. The van der Waals surface area contributed by atoms with Crippen molar-refractivity contribution in [2.75, 3.05) is 0 Å². The Morgan fingerprint density at radius 3 is 1.71 bits per heavy atom. The summed E-state index contributed by atoms with van der Waals surface area (Å²) in [6, 6.07) is 1.83. The molecule has 17 heteroatoms. The number of hydrogen-bond donors (Lipinski definition) is 9. The lowest BCUT2D eigenvalue weighted by atomic mass is 9.99. The van der Waals surface area contributed by atoms with Gasteiger partial charge in [-0.05, 0) is 43.6 Å². The molecule has 0 unspecified atom stereocenters. The van der Waals surface area contributed by atoms with Crippen LogP contribution in [0.2, 0.25) is 0 Å². The van der Waals surface area contributed by atoms with E-state index in [0.29, 0.717) is 5.69 Å². The summed E-state index contributed by atoms with van der Waals surface area (Å²) in [5, 5.41) is 22.1. The van der Waals surface area contributed by atoms with Gasteiger partial charge in [0.25, 0.3) is 0 Å². The summed E-state index contributed by atoms with van der Waals surface area (Å²) >= 11 is 0. The van der Waals surface area contributed by atoms with Crippen LogP contribution in [0.25, 0.3) is 0 Å². The number of aliphatic carboxylic acids is 1. The maximum atomic E-state index is 13.6. The topological polar surface area (TPSA) is 281 Å². The van der Waals surface area contributed by atoms with E-state index < -0.39 is 84.1 Å². The predicted molar refractivity (Wildman–Crippen MR) is 186 cm³/mol. The molecule has 0 aliphatic heterocycles. The molecule has 1 aromatic carbocycles. The van der Waals surface area contributed by atoms with Gasteiger partial charge < -0.3 is 48.1 Å². The number of carbonyl (C=O) groups excluding carboxylic acids is 6. The van der Waals surface area contributed by atoms with Gasteiger partial charge in [0.1, 0.15) is 30.2 Å². The first-order chi connectivity index (χ1) is 24.0. The highest BCUT2D eigenvalue weighted by atomic mass is 16.4. The Morgan fingerprint density at radius 2 is 1.22 bits per heavy atom. The average Bonchev–Trinajstić information content (AvgIpc) is 3.56.